The Morgan fingerprint density at radius 1 is 1.26 bits per heavy atom. The van der Waals surface area contributed by atoms with Gasteiger partial charge in [-0.05, 0) is 48.1 Å². The van der Waals surface area contributed by atoms with Crippen molar-refractivity contribution in [2.45, 2.75) is 25.3 Å². The zero-order chi connectivity index (χ0) is 22.2. The van der Waals surface area contributed by atoms with Gasteiger partial charge in [0.25, 0.3) is 10.2 Å². The summed E-state index contributed by atoms with van der Waals surface area (Å²) in [6.07, 6.45) is 1.47. The van der Waals surface area contributed by atoms with Gasteiger partial charge >= 0.3 is 5.69 Å². The first-order chi connectivity index (χ1) is 14.8. The van der Waals surface area contributed by atoms with Gasteiger partial charge in [0.15, 0.2) is 0 Å². The lowest BCUT2D eigenvalue weighted by Crippen LogP contribution is -2.45. The number of hydrogen-bond acceptors (Lipinski definition) is 5. The van der Waals surface area contributed by atoms with E-state index in [1.54, 1.807) is 10.6 Å². The maximum Gasteiger partial charge on any atom is 0.351 e. The third kappa shape index (κ3) is 4.49. The molecule has 0 N–H and O–H groups in total. The molecule has 1 aliphatic heterocycles. The minimum absolute atomic E-state index is 0.182. The molecule has 166 valence electrons. The summed E-state index contributed by atoms with van der Waals surface area (Å²) in [5.74, 6) is 0.409. The van der Waals surface area contributed by atoms with Crippen LogP contribution >= 0.6 is 22.9 Å². The lowest BCUT2D eigenvalue weighted by molar-refractivity contribution is 0.291. The highest BCUT2D eigenvalue weighted by Crippen LogP contribution is 2.29. The quantitative estimate of drug-likeness (QED) is 0.542. The van der Waals surface area contributed by atoms with E-state index in [2.05, 4.69) is 5.10 Å². The fraction of sp³-hybridized carbons (Fsp3) is 0.400. The van der Waals surface area contributed by atoms with Crippen molar-refractivity contribution < 1.29 is 8.42 Å². The van der Waals surface area contributed by atoms with Crippen LogP contribution in [-0.2, 0) is 16.8 Å². The van der Waals surface area contributed by atoms with Crippen LogP contribution < -0.4 is 5.69 Å². The molecule has 11 heteroatoms. The molecule has 0 spiro atoms. The average molecular weight is 482 g/mol. The Bertz CT molecular complexity index is 1220. The van der Waals surface area contributed by atoms with E-state index >= 15 is 0 Å². The second kappa shape index (κ2) is 8.87. The van der Waals surface area contributed by atoms with Crippen LogP contribution in [0.1, 0.15) is 30.1 Å². The van der Waals surface area contributed by atoms with Crippen LogP contribution in [0.5, 0.6) is 0 Å². The molecule has 1 saturated heterocycles. The number of hydrogen-bond donors (Lipinski definition) is 0. The second-order valence-corrected chi connectivity index (χ2v) is 11.2. The van der Waals surface area contributed by atoms with E-state index in [-0.39, 0.29) is 18.2 Å². The van der Waals surface area contributed by atoms with Gasteiger partial charge in [-0.3, -0.25) is 0 Å². The van der Waals surface area contributed by atoms with Crippen molar-refractivity contribution in [1.82, 2.24) is 23.0 Å². The molecule has 8 nitrogen and oxygen atoms in total. The van der Waals surface area contributed by atoms with E-state index in [1.165, 1.54) is 38.7 Å². The summed E-state index contributed by atoms with van der Waals surface area (Å²) < 4.78 is 31.1. The summed E-state index contributed by atoms with van der Waals surface area (Å²) in [4.78, 5) is 13.3. The zero-order valence-electron chi connectivity index (χ0n) is 17.3. The maximum atomic E-state index is 13.3. The van der Waals surface area contributed by atoms with Gasteiger partial charge in [0.2, 0.25) is 0 Å². The molecular weight excluding hydrogens is 458 g/mol. The van der Waals surface area contributed by atoms with Gasteiger partial charge in [-0.2, -0.15) is 22.1 Å². The summed E-state index contributed by atoms with van der Waals surface area (Å²) in [5.41, 5.74) is 0.627. The van der Waals surface area contributed by atoms with Gasteiger partial charge in [0, 0.05) is 38.1 Å². The molecular formula is C20H24ClN5O3S2. The second-order valence-electron chi connectivity index (χ2n) is 7.70. The van der Waals surface area contributed by atoms with Gasteiger partial charge in [0.1, 0.15) is 10.8 Å². The largest absolute Gasteiger partial charge is 0.351 e. The van der Waals surface area contributed by atoms with Crippen LogP contribution in [0.25, 0.3) is 5.00 Å². The minimum Gasteiger partial charge on any atom is -0.246 e. The van der Waals surface area contributed by atoms with Crippen molar-refractivity contribution in [2.24, 2.45) is 0 Å². The molecule has 31 heavy (non-hydrogen) atoms. The zero-order valence-corrected chi connectivity index (χ0v) is 19.7. The summed E-state index contributed by atoms with van der Waals surface area (Å²) in [7, 11) is -0.475. The number of halogens is 1. The van der Waals surface area contributed by atoms with Crippen LogP contribution in [0.2, 0.25) is 5.02 Å². The lowest BCUT2D eigenvalue weighted by atomic mass is 9.99. The van der Waals surface area contributed by atoms with Crippen LogP contribution in [0.4, 0.5) is 0 Å². The van der Waals surface area contributed by atoms with Gasteiger partial charge < -0.3 is 0 Å². The molecule has 1 unspecified atom stereocenters. The smallest absolute Gasteiger partial charge is 0.246 e. The van der Waals surface area contributed by atoms with Crippen LogP contribution in [0, 0.1) is 0 Å². The molecule has 0 bridgehead atoms. The SMILES string of the molecule is CN(C)S(=O)(=O)N1CCCC(c2nn(Cc3cccc(Cl)c3)c(=O)n2-c2cccs2)C1. The Morgan fingerprint density at radius 3 is 2.74 bits per heavy atom. The van der Waals surface area contributed by atoms with E-state index in [1.807, 2.05) is 35.7 Å². The minimum atomic E-state index is -3.53. The van der Waals surface area contributed by atoms with E-state index in [0.717, 1.165) is 17.0 Å². The van der Waals surface area contributed by atoms with Crippen LogP contribution in [0.15, 0.2) is 46.6 Å². The molecule has 0 amide bonds. The van der Waals surface area contributed by atoms with Gasteiger partial charge in [-0.1, -0.05) is 23.7 Å². The molecule has 0 saturated carbocycles. The Morgan fingerprint density at radius 2 is 2.06 bits per heavy atom. The van der Waals surface area contributed by atoms with E-state index in [9.17, 15) is 13.2 Å². The maximum absolute atomic E-state index is 13.3. The highest BCUT2D eigenvalue weighted by Gasteiger charge is 2.34. The molecule has 0 radical (unpaired) electrons. The lowest BCUT2D eigenvalue weighted by Gasteiger charge is -2.32. The molecule has 4 rings (SSSR count). The Hall–Kier alpha value is -1.98. The van der Waals surface area contributed by atoms with Crippen molar-refractivity contribution in [3.63, 3.8) is 0 Å². The van der Waals surface area contributed by atoms with Crippen molar-refractivity contribution in [3.05, 3.63) is 68.7 Å². The topological polar surface area (TPSA) is 80.4 Å². The number of piperidine rings is 1. The summed E-state index contributed by atoms with van der Waals surface area (Å²) >= 11 is 7.55. The first-order valence-electron chi connectivity index (χ1n) is 9.93. The van der Waals surface area contributed by atoms with Crippen molar-refractivity contribution in [3.8, 4) is 5.00 Å². The first kappa shape index (κ1) is 22.2. The van der Waals surface area contributed by atoms with Gasteiger partial charge in [-0.15, -0.1) is 11.3 Å². The molecule has 1 fully saturated rings. The third-order valence-corrected chi connectivity index (χ3v) is 8.34. The molecule has 3 aromatic rings. The van der Waals surface area contributed by atoms with Crippen molar-refractivity contribution >= 4 is 33.1 Å². The number of rotatable bonds is 6. The normalized spacial score (nSPS) is 18.0. The molecule has 1 aliphatic rings. The molecule has 0 aliphatic carbocycles. The van der Waals surface area contributed by atoms with E-state index < -0.39 is 10.2 Å². The predicted molar refractivity (Wildman–Crippen MR) is 122 cm³/mol. The highest BCUT2D eigenvalue weighted by molar-refractivity contribution is 7.86. The monoisotopic (exact) mass is 481 g/mol. The Labute approximate surface area is 190 Å². The molecule has 3 heterocycles. The summed E-state index contributed by atoms with van der Waals surface area (Å²) in [6, 6.07) is 11.1. The average Bonchev–Trinajstić information content (AvgIpc) is 3.36. The molecule has 1 atom stereocenters. The standard InChI is InChI=1S/C20H24ClN5O3S2/c1-23(2)31(28,29)24-10-4-7-16(14-24)19-22-25(13-15-6-3-8-17(21)12-15)20(27)26(19)18-9-5-11-30-18/h3,5-6,8-9,11-12,16H,4,7,10,13-14H2,1-2H3. The number of benzene rings is 1. The first-order valence-corrected chi connectivity index (χ1v) is 12.6. The molecule has 1 aromatic carbocycles. The fourth-order valence-electron chi connectivity index (χ4n) is 3.80. The third-order valence-electron chi connectivity index (χ3n) is 5.35. The highest BCUT2D eigenvalue weighted by atomic mass is 35.5. The van der Waals surface area contributed by atoms with E-state index in [4.69, 9.17) is 11.6 Å². The number of thiophene rings is 1. The van der Waals surface area contributed by atoms with Crippen molar-refractivity contribution in [1.29, 1.82) is 0 Å². The summed E-state index contributed by atoms with van der Waals surface area (Å²) in [5, 5.41) is 7.94. The predicted octanol–water partition coefficient (Wildman–Crippen LogP) is 2.78. The van der Waals surface area contributed by atoms with E-state index in [0.29, 0.717) is 30.4 Å². The van der Waals surface area contributed by atoms with Gasteiger partial charge in [-0.25, -0.2) is 14.0 Å². The number of nitrogens with zero attached hydrogens (tertiary/aromatic N) is 5. The van der Waals surface area contributed by atoms with Crippen LogP contribution in [0.3, 0.4) is 0 Å². The van der Waals surface area contributed by atoms with Gasteiger partial charge in [0.05, 0.1) is 6.54 Å². The Balaban J connectivity index is 1.74. The molecule has 2 aromatic heterocycles. The number of aromatic nitrogens is 3. The van der Waals surface area contributed by atoms with Crippen LogP contribution in [-0.4, -0.2) is 58.6 Å². The summed E-state index contributed by atoms with van der Waals surface area (Å²) in [6.45, 7) is 1.04. The Kier molecular flexibility index (Phi) is 6.36. The van der Waals surface area contributed by atoms with Crippen molar-refractivity contribution in [2.75, 3.05) is 27.2 Å². The fourth-order valence-corrected chi connectivity index (χ4v) is 5.93.